The van der Waals surface area contributed by atoms with Gasteiger partial charge in [-0.2, -0.15) is 0 Å². The number of hydrogen-bond acceptors (Lipinski definition) is 0. The Bertz CT molecular complexity index is 716. The molecule has 3 aromatic carbocycles. The van der Waals surface area contributed by atoms with Crippen LogP contribution >= 0.6 is 0 Å². The summed E-state index contributed by atoms with van der Waals surface area (Å²) in [7, 11) is 0. The van der Waals surface area contributed by atoms with E-state index in [2.05, 4.69) is 124 Å². The van der Waals surface area contributed by atoms with Crippen LogP contribution in [0.5, 0.6) is 0 Å². The standard InChI is InChI=1S/C18H15As.5CO.Cr/c1-4-10-16(11-5-1)19(17-12-6-2-7-13-17)18-14-8-3-9-15-18;5*1-2;/h1-15H;;;;;;. The van der Waals surface area contributed by atoms with Crippen molar-refractivity contribution in [2.75, 3.05) is 0 Å². The topological polar surface area (TPSA) is 99.5 Å². The van der Waals surface area contributed by atoms with Crippen molar-refractivity contribution >= 4 is 27.7 Å². The zero-order chi connectivity index (χ0) is 22.9. The van der Waals surface area contributed by atoms with Gasteiger partial charge in [-0.1, -0.05) is 0 Å². The zero-order valence-corrected chi connectivity index (χ0v) is 18.7. The van der Waals surface area contributed by atoms with Gasteiger partial charge in [0.15, 0.2) is 0 Å². The maximum atomic E-state index is 7.50. The second kappa shape index (κ2) is 28.7. The first-order chi connectivity index (χ1) is 14.4. The van der Waals surface area contributed by atoms with Crippen molar-refractivity contribution in [1.82, 2.24) is 0 Å². The van der Waals surface area contributed by atoms with Crippen LogP contribution in [-0.2, 0) is 40.6 Å². The molecule has 30 heavy (non-hydrogen) atoms. The summed E-state index contributed by atoms with van der Waals surface area (Å²) in [6.45, 7) is 22.5. The van der Waals surface area contributed by atoms with Crippen molar-refractivity contribution in [2.45, 2.75) is 0 Å². The Morgan fingerprint density at radius 2 is 0.533 bits per heavy atom. The van der Waals surface area contributed by atoms with E-state index in [1.807, 2.05) is 0 Å². The Balaban J connectivity index is -0.000000271. The van der Waals surface area contributed by atoms with E-state index in [-0.39, 0.29) is 17.4 Å². The number of rotatable bonds is 3. The second-order valence-electron chi connectivity index (χ2n) is 4.34. The summed E-state index contributed by atoms with van der Waals surface area (Å²) in [6.07, 6.45) is 0. The minimum atomic E-state index is -1.39. The fourth-order valence-electron chi connectivity index (χ4n) is 2.18. The van der Waals surface area contributed by atoms with Gasteiger partial charge in [-0.3, -0.25) is 0 Å². The SMILES string of the molecule is [C-]#[O+].[C-]#[O+].[C-]#[O+].[C-]#[O+].[C-]#[O+].[Cr].c1ccc([As](c2ccccc2)c2ccccc2)cc1. The summed E-state index contributed by atoms with van der Waals surface area (Å²) in [5.41, 5.74) is 0. The predicted molar refractivity (Wildman–Crippen MR) is 104 cm³/mol. The Hall–Kier alpha value is -2.55. The van der Waals surface area contributed by atoms with Crippen LogP contribution in [0.3, 0.4) is 0 Å². The van der Waals surface area contributed by atoms with Gasteiger partial charge >= 0.3 is 175 Å². The minimum absolute atomic E-state index is 0. The Morgan fingerprint density at radius 3 is 0.700 bits per heavy atom. The second-order valence-corrected chi connectivity index (χ2v) is 9.00. The monoisotopic (exact) mass is 498 g/mol. The van der Waals surface area contributed by atoms with E-state index < -0.39 is 14.7 Å². The molecular formula is C23H15AsCrO5. The van der Waals surface area contributed by atoms with E-state index in [0.717, 1.165) is 0 Å². The van der Waals surface area contributed by atoms with Gasteiger partial charge < -0.3 is 0 Å². The normalized spacial score (nSPS) is 7.03. The van der Waals surface area contributed by atoms with E-state index in [9.17, 15) is 0 Å². The Morgan fingerprint density at radius 1 is 0.367 bits per heavy atom. The molecule has 0 aliphatic rings. The van der Waals surface area contributed by atoms with Gasteiger partial charge in [0.05, 0.1) is 0 Å². The molecule has 0 fully saturated rings. The fraction of sp³-hybridized carbons (Fsp3) is 0. The van der Waals surface area contributed by atoms with Gasteiger partial charge in [0.25, 0.3) is 0 Å². The molecule has 0 aliphatic heterocycles. The Labute approximate surface area is 192 Å². The molecule has 7 heteroatoms. The molecule has 148 valence electrons. The van der Waals surface area contributed by atoms with Crippen LogP contribution in [0.25, 0.3) is 0 Å². The number of hydrogen-bond donors (Lipinski definition) is 0. The van der Waals surface area contributed by atoms with E-state index in [1.54, 1.807) is 0 Å². The molecule has 0 amide bonds. The Kier molecular flexibility index (Phi) is 33.4. The van der Waals surface area contributed by atoms with Crippen molar-refractivity contribution in [3.63, 3.8) is 0 Å². The first-order valence-corrected chi connectivity index (χ1v) is 10.2. The van der Waals surface area contributed by atoms with Gasteiger partial charge in [0, 0.05) is 17.4 Å². The summed E-state index contributed by atoms with van der Waals surface area (Å²) in [4.78, 5) is 0. The molecular weight excluding hydrogens is 483 g/mol. The van der Waals surface area contributed by atoms with Crippen molar-refractivity contribution < 1.29 is 40.6 Å². The van der Waals surface area contributed by atoms with Crippen LogP contribution < -0.4 is 13.1 Å². The van der Waals surface area contributed by atoms with Crippen LogP contribution in [0, 0.1) is 33.3 Å². The van der Waals surface area contributed by atoms with Crippen molar-refractivity contribution in [3.05, 3.63) is 124 Å². The summed E-state index contributed by atoms with van der Waals surface area (Å²) < 4.78 is 41.9. The van der Waals surface area contributed by atoms with Crippen molar-refractivity contribution in [2.24, 2.45) is 0 Å². The van der Waals surface area contributed by atoms with Crippen LogP contribution in [0.15, 0.2) is 91.0 Å². The molecule has 5 nitrogen and oxygen atoms in total. The average Bonchev–Trinajstić information content (AvgIpc) is 2.88. The number of benzene rings is 3. The fourth-order valence-corrected chi connectivity index (χ4v) is 7.02. The third kappa shape index (κ3) is 13.6. The molecule has 0 aromatic heterocycles. The summed E-state index contributed by atoms with van der Waals surface area (Å²) in [5.74, 6) is 0. The van der Waals surface area contributed by atoms with Crippen LogP contribution in [0.2, 0.25) is 0 Å². The van der Waals surface area contributed by atoms with E-state index in [0.29, 0.717) is 0 Å². The van der Waals surface area contributed by atoms with Gasteiger partial charge in [-0.25, -0.2) is 0 Å². The third-order valence-electron chi connectivity index (χ3n) is 3.04. The van der Waals surface area contributed by atoms with Crippen molar-refractivity contribution in [1.29, 1.82) is 0 Å². The molecule has 0 atom stereocenters. The zero-order valence-electron chi connectivity index (χ0n) is 15.6. The van der Waals surface area contributed by atoms with Crippen LogP contribution in [0.1, 0.15) is 0 Å². The quantitative estimate of drug-likeness (QED) is 0.300. The molecule has 3 aromatic rings. The van der Waals surface area contributed by atoms with Gasteiger partial charge in [0.1, 0.15) is 0 Å². The molecule has 0 saturated heterocycles. The summed E-state index contributed by atoms with van der Waals surface area (Å²) in [6, 6.07) is 32.7. The van der Waals surface area contributed by atoms with Crippen molar-refractivity contribution in [3.8, 4) is 0 Å². The first-order valence-electron chi connectivity index (χ1n) is 7.42. The average molecular weight is 498 g/mol. The van der Waals surface area contributed by atoms with E-state index >= 15 is 0 Å². The first kappa shape index (κ1) is 34.9. The molecule has 0 saturated carbocycles. The molecule has 0 heterocycles. The molecule has 0 spiro atoms. The van der Waals surface area contributed by atoms with Crippen LogP contribution in [-0.4, -0.2) is 14.7 Å². The molecule has 0 bridgehead atoms. The third-order valence-corrected chi connectivity index (χ3v) is 8.17. The molecule has 0 N–H and O–H groups in total. The van der Waals surface area contributed by atoms with Gasteiger partial charge in [-0.15, -0.1) is 0 Å². The summed E-state index contributed by atoms with van der Waals surface area (Å²) in [5, 5.41) is 0. The molecule has 3 rings (SSSR count). The van der Waals surface area contributed by atoms with E-state index in [4.69, 9.17) is 23.3 Å². The maximum absolute atomic E-state index is 7.50. The summed E-state index contributed by atoms with van der Waals surface area (Å²) >= 11 is -1.39. The molecule has 0 radical (unpaired) electrons. The van der Waals surface area contributed by atoms with Crippen LogP contribution in [0.4, 0.5) is 0 Å². The predicted octanol–water partition coefficient (Wildman–Crippen LogP) is 2.01. The van der Waals surface area contributed by atoms with E-state index in [1.165, 1.54) is 13.1 Å². The molecule has 0 aliphatic carbocycles. The van der Waals surface area contributed by atoms with Gasteiger partial charge in [0.2, 0.25) is 0 Å². The van der Waals surface area contributed by atoms with Gasteiger partial charge in [-0.05, 0) is 0 Å². The molecule has 0 unspecified atom stereocenters.